The number of ketones is 1. The van der Waals surface area contributed by atoms with E-state index in [-0.39, 0.29) is 12.3 Å². The fourth-order valence-corrected chi connectivity index (χ4v) is 0.932. The molecule has 0 radical (unpaired) electrons. The summed E-state index contributed by atoms with van der Waals surface area (Å²) in [7, 11) is 0. The van der Waals surface area contributed by atoms with E-state index >= 15 is 0 Å². The van der Waals surface area contributed by atoms with Crippen LogP contribution in [0.3, 0.4) is 0 Å². The highest BCUT2D eigenvalue weighted by molar-refractivity contribution is 5.98. The van der Waals surface area contributed by atoms with Crippen LogP contribution in [0, 0.1) is 6.92 Å². The molecule has 0 spiro atoms. The van der Waals surface area contributed by atoms with Crippen LogP contribution in [0.1, 0.15) is 15.9 Å². The van der Waals surface area contributed by atoms with Crippen molar-refractivity contribution in [2.75, 3.05) is 12.3 Å². The van der Waals surface area contributed by atoms with E-state index in [4.69, 9.17) is 11.5 Å². The molecule has 1 rings (SSSR count). The zero-order chi connectivity index (χ0) is 9.14. The van der Waals surface area contributed by atoms with Gasteiger partial charge >= 0.3 is 0 Å². The molecule has 3 nitrogen and oxygen atoms in total. The van der Waals surface area contributed by atoms with Gasteiger partial charge < -0.3 is 11.5 Å². The number of rotatable bonds is 2. The number of aryl methyl sites for hydroxylation is 1. The van der Waals surface area contributed by atoms with Crippen LogP contribution in [0.15, 0.2) is 18.2 Å². The highest BCUT2D eigenvalue weighted by atomic mass is 16.1. The third kappa shape index (κ3) is 1.62. The molecule has 0 unspecified atom stereocenters. The van der Waals surface area contributed by atoms with Crippen molar-refractivity contribution < 1.29 is 4.79 Å². The molecule has 12 heavy (non-hydrogen) atoms. The van der Waals surface area contributed by atoms with E-state index in [0.717, 1.165) is 5.56 Å². The summed E-state index contributed by atoms with van der Waals surface area (Å²) in [5, 5.41) is 0. The summed E-state index contributed by atoms with van der Waals surface area (Å²) < 4.78 is 0. The Morgan fingerprint density at radius 3 is 2.67 bits per heavy atom. The first-order valence-electron chi connectivity index (χ1n) is 3.74. The monoisotopic (exact) mass is 164 g/mol. The van der Waals surface area contributed by atoms with Crippen molar-refractivity contribution >= 4 is 11.5 Å². The molecule has 0 aliphatic carbocycles. The maximum atomic E-state index is 11.1. The van der Waals surface area contributed by atoms with Gasteiger partial charge in [-0.3, -0.25) is 4.79 Å². The lowest BCUT2D eigenvalue weighted by atomic mass is 10.1. The average molecular weight is 164 g/mol. The maximum Gasteiger partial charge on any atom is 0.176 e. The topological polar surface area (TPSA) is 69.1 Å². The normalized spacial score (nSPS) is 9.83. The van der Waals surface area contributed by atoms with Gasteiger partial charge in [-0.25, -0.2) is 0 Å². The number of nitrogen functional groups attached to an aromatic ring is 1. The standard InChI is InChI=1S/C9H12N2O/c1-6-2-3-7(4-8(6)11)9(12)5-10/h2-4H,5,10-11H2,1H3. The molecular weight excluding hydrogens is 152 g/mol. The van der Waals surface area contributed by atoms with Crippen LogP contribution in [0.4, 0.5) is 5.69 Å². The molecule has 4 N–H and O–H groups in total. The Morgan fingerprint density at radius 1 is 1.50 bits per heavy atom. The van der Waals surface area contributed by atoms with Gasteiger partial charge in [0, 0.05) is 11.3 Å². The molecule has 0 heterocycles. The van der Waals surface area contributed by atoms with E-state index < -0.39 is 0 Å². The maximum absolute atomic E-state index is 11.1. The molecule has 0 atom stereocenters. The molecule has 0 aromatic heterocycles. The van der Waals surface area contributed by atoms with Crippen molar-refractivity contribution in [3.63, 3.8) is 0 Å². The number of hydrogen-bond acceptors (Lipinski definition) is 3. The lowest BCUT2D eigenvalue weighted by Gasteiger charge is -2.02. The summed E-state index contributed by atoms with van der Waals surface area (Å²) >= 11 is 0. The van der Waals surface area contributed by atoms with Crippen molar-refractivity contribution in [1.29, 1.82) is 0 Å². The summed E-state index contributed by atoms with van der Waals surface area (Å²) in [6.07, 6.45) is 0. The number of anilines is 1. The zero-order valence-corrected chi connectivity index (χ0v) is 7.00. The Balaban J connectivity index is 3.05. The molecule has 3 heteroatoms. The third-order valence-corrected chi connectivity index (χ3v) is 1.79. The van der Waals surface area contributed by atoms with Gasteiger partial charge in [0.2, 0.25) is 0 Å². The van der Waals surface area contributed by atoms with E-state index in [1.54, 1.807) is 12.1 Å². The predicted octanol–water partition coefficient (Wildman–Crippen LogP) is 0.719. The van der Waals surface area contributed by atoms with Crippen molar-refractivity contribution in [2.45, 2.75) is 6.92 Å². The molecule has 0 saturated heterocycles. The Labute approximate surface area is 71.4 Å². The average Bonchev–Trinajstić information content (AvgIpc) is 2.08. The molecule has 1 aromatic carbocycles. The van der Waals surface area contributed by atoms with Crippen molar-refractivity contribution in [3.8, 4) is 0 Å². The van der Waals surface area contributed by atoms with Crippen molar-refractivity contribution in [2.24, 2.45) is 5.73 Å². The quantitative estimate of drug-likeness (QED) is 0.500. The first-order chi connectivity index (χ1) is 5.65. The van der Waals surface area contributed by atoms with E-state index in [0.29, 0.717) is 11.3 Å². The number of nitrogens with two attached hydrogens (primary N) is 2. The fourth-order valence-electron chi connectivity index (χ4n) is 0.932. The van der Waals surface area contributed by atoms with Crippen molar-refractivity contribution in [1.82, 2.24) is 0 Å². The minimum Gasteiger partial charge on any atom is -0.398 e. The van der Waals surface area contributed by atoms with Gasteiger partial charge in [0.1, 0.15) is 0 Å². The SMILES string of the molecule is Cc1ccc(C(=O)CN)cc1N. The highest BCUT2D eigenvalue weighted by Crippen LogP contribution is 2.12. The molecule has 0 aliphatic heterocycles. The lowest BCUT2D eigenvalue weighted by Crippen LogP contribution is -2.13. The fraction of sp³-hybridized carbons (Fsp3) is 0.222. The zero-order valence-electron chi connectivity index (χ0n) is 7.00. The third-order valence-electron chi connectivity index (χ3n) is 1.79. The Kier molecular flexibility index (Phi) is 2.45. The molecule has 0 aliphatic rings. The minimum absolute atomic E-state index is 0.0303. The van der Waals surface area contributed by atoms with Crippen molar-refractivity contribution in [3.05, 3.63) is 29.3 Å². The van der Waals surface area contributed by atoms with E-state index in [9.17, 15) is 4.79 Å². The smallest absolute Gasteiger partial charge is 0.176 e. The molecule has 0 bridgehead atoms. The summed E-state index contributed by atoms with van der Waals surface area (Å²) in [4.78, 5) is 11.1. The molecule has 64 valence electrons. The number of carbonyl (C=O) groups is 1. The van der Waals surface area contributed by atoms with Gasteiger partial charge in [-0.1, -0.05) is 12.1 Å². The predicted molar refractivity (Wildman–Crippen MR) is 49.0 cm³/mol. The van der Waals surface area contributed by atoms with Crippen LogP contribution in [0.25, 0.3) is 0 Å². The first-order valence-corrected chi connectivity index (χ1v) is 3.74. The van der Waals surface area contributed by atoms with E-state index in [2.05, 4.69) is 0 Å². The number of hydrogen-bond donors (Lipinski definition) is 2. The Bertz CT molecular complexity index is 307. The van der Waals surface area contributed by atoms with E-state index in [1.807, 2.05) is 13.0 Å². The van der Waals surface area contributed by atoms with Crippen LogP contribution < -0.4 is 11.5 Å². The summed E-state index contributed by atoms with van der Waals surface area (Å²) in [6.45, 7) is 1.93. The number of benzene rings is 1. The van der Waals surface area contributed by atoms with E-state index in [1.165, 1.54) is 0 Å². The summed E-state index contributed by atoms with van der Waals surface area (Å²) in [5.74, 6) is -0.0818. The Morgan fingerprint density at radius 2 is 2.17 bits per heavy atom. The van der Waals surface area contributed by atoms with Gasteiger partial charge in [-0.05, 0) is 18.6 Å². The van der Waals surface area contributed by atoms with Gasteiger partial charge in [0.25, 0.3) is 0 Å². The number of Topliss-reactive ketones (excluding diaryl/α,β-unsaturated/α-hetero) is 1. The van der Waals surface area contributed by atoms with Crippen LogP contribution in [-0.4, -0.2) is 12.3 Å². The summed E-state index contributed by atoms with van der Waals surface area (Å²) in [6, 6.07) is 5.21. The van der Waals surface area contributed by atoms with Gasteiger partial charge in [0.05, 0.1) is 6.54 Å². The Hall–Kier alpha value is -1.35. The first kappa shape index (κ1) is 8.74. The lowest BCUT2D eigenvalue weighted by molar-refractivity contribution is 0.100. The molecule has 1 aromatic rings. The molecule has 0 amide bonds. The van der Waals surface area contributed by atoms with Crippen LogP contribution in [-0.2, 0) is 0 Å². The van der Waals surface area contributed by atoms with Gasteiger partial charge in [-0.15, -0.1) is 0 Å². The molecule has 0 saturated carbocycles. The number of carbonyl (C=O) groups excluding carboxylic acids is 1. The summed E-state index contributed by atoms with van der Waals surface area (Å²) in [5.41, 5.74) is 13.0. The molecule has 0 fully saturated rings. The van der Waals surface area contributed by atoms with Gasteiger partial charge in [0.15, 0.2) is 5.78 Å². The minimum atomic E-state index is -0.0818. The molecular formula is C9H12N2O. The van der Waals surface area contributed by atoms with Crippen LogP contribution in [0.2, 0.25) is 0 Å². The largest absolute Gasteiger partial charge is 0.398 e. The second-order valence-electron chi connectivity index (χ2n) is 2.70. The van der Waals surface area contributed by atoms with Gasteiger partial charge in [-0.2, -0.15) is 0 Å². The second-order valence-corrected chi connectivity index (χ2v) is 2.70. The second kappa shape index (κ2) is 3.36. The van der Waals surface area contributed by atoms with Crippen LogP contribution >= 0.6 is 0 Å². The highest BCUT2D eigenvalue weighted by Gasteiger charge is 2.03. The van der Waals surface area contributed by atoms with Crippen LogP contribution in [0.5, 0.6) is 0 Å².